The van der Waals surface area contributed by atoms with E-state index in [4.69, 9.17) is 11.5 Å². The Morgan fingerprint density at radius 1 is 0.920 bits per heavy atom. The molecule has 5 heteroatoms. The summed E-state index contributed by atoms with van der Waals surface area (Å²) in [5.74, 6) is 0.0696. The third-order valence-electron chi connectivity index (χ3n) is 4.36. The number of hydrogen-bond donors (Lipinski definition) is 2. The molecule has 4 N–H and O–H groups in total. The lowest BCUT2D eigenvalue weighted by molar-refractivity contribution is 0.100. The number of hydrogen-bond acceptors (Lipinski definition) is 4. The third kappa shape index (κ3) is 2.76. The molecule has 4 rings (SSSR count). The van der Waals surface area contributed by atoms with Crippen LogP contribution in [0.15, 0.2) is 60.9 Å². The van der Waals surface area contributed by atoms with Crippen molar-refractivity contribution in [1.82, 2.24) is 9.97 Å². The van der Waals surface area contributed by atoms with Crippen molar-refractivity contribution in [3.8, 4) is 11.1 Å². The minimum atomic E-state index is -0.424. The summed E-state index contributed by atoms with van der Waals surface area (Å²) in [5.41, 5.74) is 17.7. The fourth-order valence-corrected chi connectivity index (χ4v) is 3.02. The molecule has 2 heterocycles. The van der Waals surface area contributed by atoms with E-state index >= 15 is 0 Å². The molecule has 3 aromatic rings. The molecule has 0 saturated heterocycles. The van der Waals surface area contributed by atoms with Crippen LogP contribution in [0.1, 0.15) is 27.2 Å². The maximum atomic E-state index is 11.2. The third-order valence-corrected chi connectivity index (χ3v) is 4.36. The number of fused-ring (bicyclic) bond motifs is 1. The summed E-state index contributed by atoms with van der Waals surface area (Å²) in [4.78, 5) is 20.0. The van der Waals surface area contributed by atoms with Gasteiger partial charge in [-0.25, -0.2) is 4.98 Å². The molecule has 1 aliphatic carbocycles. The van der Waals surface area contributed by atoms with E-state index in [0.717, 1.165) is 39.9 Å². The lowest BCUT2D eigenvalue weighted by Gasteiger charge is -2.09. The van der Waals surface area contributed by atoms with Gasteiger partial charge in [-0.15, -0.1) is 0 Å². The highest BCUT2D eigenvalue weighted by Gasteiger charge is 2.18. The second-order valence-electron chi connectivity index (χ2n) is 5.95. The lowest BCUT2D eigenvalue weighted by Crippen LogP contribution is -2.10. The molecular weight excluding hydrogens is 312 g/mol. The van der Waals surface area contributed by atoms with Gasteiger partial charge in [-0.05, 0) is 41.5 Å². The fraction of sp³-hybridized carbons (Fsp3) is 0.0500. The number of carbonyl (C=O) groups excluding carboxylic acids is 1. The number of nitrogens with zero attached hydrogens (tertiary/aromatic N) is 2. The molecule has 1 aromatic carbocycles. The molecule has 0 radical (unpaired) electrons. The maximum Gasteiger partial charge on any atom is 0.248 e. The molecule has 0 atom stereocenters. The predicted octanol–water partition coefficient (Wildman–Crippen LogP) is 2.81. The molecule has 1 aliphatic rings. The second kappa shape index (κ2) is 5.87. The molecule has 0 aliphatic heterocycles. The van der Waals surface area contributed by atoms with Gasteiger partial charge in [0.1, 0.15) is 5.82 Å². The summed E-state index contributed by atoms with van der Waals surface area (Å²) in [7, 11) is 0. The molecule has 25 heavy (non-hydrogen) atoms. The fourth-order valence-electron chi connectivity index (χ4n) is 3.02. The number of anilines is 1. The Bertz CT molecular complexity index is 989. The van der Waals surface area contributed by atoms with Crippen molar-refractivity contribution in [1.29, 1.82) is 0 Å². The first-order chi connectivity index (χ1) is 12.1. The van der Waals surface area contributed by atoms with Crippen LogP contribution in [0.2, 0.25) is 0 Å². The number of rotatable bonds is 3. The van der Waals surface area contributed by atoms with E-state index < -0.39 is 5.91 Å². The minimum Gasteiger partial charge on any atom is -0.384 e. The average molecular weight is 328 g/mol. The van der Waals surface area contributed by atoms with Crippen molar-refractivity contribution in [3.63, 3.8) is 0 Å². The summed E-state index contributed by atoms with van der Waals surface area (Å²) in [6.45, 7) is 0. The zero-order chi connectivity index (χ0) is 17.4. The van der Waals surface area contributed by atoms with Gasteiger partial charge in [0, 0.05) is 41.1 Å². The number of nitrogens with two attached hydrogens (primary N) is 2. The van der Waals surface area contributed by atoms with E-state index in [9.17, 15) is 4.79 Å². The Hall–Kier alpha value is -3.47. The predicted molar refractivity (Wildman–Crippen MR) is 97.6 cm³/mol. The zero-order valence-corrected chi connectivity index (χ0v) is 13.4. The van der Waals surface area contributed by atoms with Crippen molar-refractivity contribution in [2.75, 3.05) is 5.73 Å². The smallest absolute Gasteiger partial charge is 0.248 e. The number of carbonyl (C=O) groups is 1. The molecule has 0 spiro atoms. The Morgan fingerprint density at radius 3 is 2.32 bits per heavy atom. The number of nitrogen functional groups attached to an aromatic ring is 1. The van der Waals surface area contributed by atoms with Crippen LogP contribution in [0.3, 0.4) is 0 Å². The van der Waals surface area contributed by atoms with Crippen LogP contribution in [-0.4, -0.2) is 15.9 Å². The molecule has 1 amide bonds. The van der Waals surface area contributed by atoms with E-state index in [0.29, 0.717) is 11.4 Å². The van der Waals surface area contributed by atoms with Crippen molar-refractivity contribution in [2.45, 2.75) is 6.42 Å². The van der Waals surface area contributed by atoms with Gasteiger partial charge in [0.2, 0.25) is 5.91 Å². The molecular formula is C20H16N4O. The normalized spacial score (nSPS) is 12.6. The molecule has 0 fully saturated rings. The number of amides is 1. The monoisotopic (exact) mass is 328 g/mol. The van der Waals surface area contributed by atoms with E-state index in [1.807, 2.05) is 24.4 Å². The van der Waals surface area contributed by atoms with Crippen LogP contribution >= 0.6 is 0 Å². The second-order valence-corrected chi connectivity index (χ2v) is 5.95. The van der Waals surface area contributed by atoms with E-state index in [2.05, 4.69) is 22.1 Å². The first-order valence-electron chi connectivity index (χ1n) is 7.93. The van der Waals surface area contributed by atoms with Crippen molar-refractivity contribution >= 4 is 17.3 Å². The first kappa shape index (κ1) is 15.1. The van der Waals surface area contributed by atoms with Gasteiger partial charge in [-0.3, -0.25) is 9.78 Å². The van der Waals surface area contributed by atoms with Gasteiger partial charge in [0.15, 0.2) is 0 Å². The number of allylic oxidation sites excluding steroid dienone is 1. The van der Waals surface area contributed by atoms with Gasteiger partial charge in [0.05, 0.1) is 5.69 Å². The molecule has 0 bridgehead atoms. The van der Waals surface area contributed by atoms with Crippen LogP contribution in [0.5, 0.6) is 0 Å². The Labute approximate surface area is 145 Å². The van der Waals surface area contributed by atoms with Crippen LogP contribution in [-0.2, 0) is 6.42 Å². The van der Waals surface area contributed by atoms with Crippen molar-refractivity contribution in [3.05, 3.63) is 83.3 Å². The minimum absolute atomic E-state index is 0.424. The Morgan fingerprint density at radius 2 is 1.64 bits per heavy atom. The quantitative estimate of drug-likeness (QED) is 0.773. The highest BCUT2D eigenvalue weighted by molar-refractivity contribution is 5.94. The van der Waals surface area contributed by atoms with E-state index in [-0.39, 0.29) is 0 Å². The SMILES string of the molecule is NC(=O)c1ccc(C2=CCc3ncc(-c4ccc(N)nc4)cc32)cc1. The van der Waals surface area contributed by atoms with Crippen LogP contribution in [0.25, 0.3) is 16.7 Å². The molecule has 0 unspecified atom stereocenters. The summed E-state index contributed by atoms with van der Waals surface area (Å²) in [6.07, 6.45) is 6.56. The largest absolute Gasteiger partial charge is 0.384 e. The lowest BCUT2D eigenvalue weighted by atomic mass is 9.97. The summed E-state index contributed by atoms with van der Waals surface area (Å²) < 4.78 is 0. The highest BCUT2D eigenvalue weighted by Crippen LogP contribution is 2.34. The molecule has 2 aromatic heterocycles. The summed E-state index contributed by atoms with van der Waals surface area (Å²) >= 11 is 0. The van der Waals surface area contributed by atoms with Gasteiger partial charge in [-0.1, -0.05) is 18.2 Å². The van der Waals surface area contributed by atoms with Crippen LogP contribution < -0.4 is 11.5 Å². The number of aromatic nitrogens is 2. The standard InChI is InChI=1S/C20H16N4O/c21-19-8-5-14(10-24-19)15-9-17-16(6-7-18(17)23-11-15)12-1-3-13(4-2-12)20(22)25/h1-6,8-11H,7H2,(H2,21,24)(H2,22,25). The number of pyridine rings is 2. The molecule has 122 valence electrons. The highest BCUT2D eigenvalue weighted by atomic mass is 16.1. The summed E-state index contributed by atoms with van der Waals surface area (Å²) in [6, 6.07) is 13.2. The Balaban J connectivity index is 1.72. The average Bonchev–Trinajstić information content (AvgIpc) is 3.05. The molecule has 5 nitrogen and oxygen atoms in total. The van der Waals surface area contributed by atoms with Crippen molar-refractivity contribution in [2.24, 2.45) is 5.73 Å². The van der Waals surface area contributed by atoms with Gasteiger partial charge >= 0.3 is 0 Å². The number of benzene rings is 1. The maximum absolute atomic E-state index is 11.2. The number of primary amides is 1. The zero-order valence-electron chi connectivity index (χ0n) is 13.4. The first-order valence-corrected chi connectivity index (χ1v) is 7.93. The van der Waals surface area contributed by atoms with Crippen LogP contribution in [0, 0.1) is 0 Å². The van der Waals surface area contributed by atoms with E-state index in [1.165, 1.54) is 0 Å². The van der Waals surface area contributed by atoms with Crippen LogP contribution in [0.4, 0.5) is 5.82 Å². The Kier molecular flexibility index (Phi) is 3.54. The topological polar surface area (TPSA) is 94.9 Å². The van der Waals surface area contributed by atoms with E-state index in [1.54, 1.807) is 24.4 Å². The van der Waals surface area contributed by atoms with Gasteiger partial charge in [0.25, 0.3) is 0 Å². The van der Waals surface area contributed by atoms with Gasteiger partial charge < -0.3 is 11.5 Å². The van der Waals surface area contributed by atoms with Crippen molar-refractivity contribution < 1.29 is 4.79 Å². The van der Waals surface area contributed by atoms with Gasteiger partial charge in [-0.2, -0.15) is 0 Å². The molecule has 0 saturated carbocycles. The summed E-state index contributed by atoms with van der Waals surface area (Å²) in [5, 5.41) is 0.